The number of nitriles is 1. The van der Waals surface area contributed by atoms with Crippen molar-refractivity contribution in [2.75, 3.05) is 19.8 Å². The second-order valence-corrected chi connectivity index (χ2v) is 7.22. The Balaban J connectivity index is 1.99. The summed E-state index contributed by atoms with van der Waals surface area (Å²) in [6.07, 6.45) is 2.08. The predicted octanol–water partition coefficient (Wildman–Crippen LogP) is 4.94. The molecule has 0 atom stereocenters. The minimum Gasteiger partial charge on any atom is -0.493 e. The topological polar surface area (TPSA) is 94.9 Å². The molecular formula is C26H29NO6. The number of carbonyl (C=O) groups excluding carboxylic acids is 2. The maximum atomic E-state index is 12.3. The predicted molar refractivity (Wildman–Crippen MR) is 124 cm³/mol. The van der Waals surface area contributed by atoms with E-state index in [1.165, 1.54) is 6.08 Å². The number of hydrogen-bond acceptors (Lipinski definition) is 7. The molecule has 0 saturated carbocycles. The molecule has 0 unspecified atom stereocenters. The lowest BCUT2D eigenvalue weighted by atomic mass is 10.1. The molecule has 2 aromatic carbocycles. The van der Waals surface area contributed by atoms with E-state index in [4.69, 9.17) is 18.9 Å². The van der Waals surface area contributed by atoms with E-state index >= 15 is 0 Å². The molecule has 0 fully saturated rings. The van der Waals surface area contributed by atoms with Gasteiger partial charge in [-0.2, -0.15) is 5.26 Å². The zero-order valence-electron chi connectivity index (χ0n) is 19.5. The van der Waals surface area contributed by atoms with E-state index in [-0.39, 0.29) is 24.4 Å². The Morgan fingerprint density at radius 3 is 2.45 bits per heavy atom. The van der Waals surface area contributed by atoms with Crippen LogP contribution in [0.3, 0.4) is 0 Å². The van der Waals surface area contributed by atoms with Crippen LogP contribution in [0.25, 0.3) is 6.08 Å². The first-order valence-electron chi connectivity index (χ1n) is 10.8. The summed E-state index contributed by atoms with van der Waals surface area (Å²) in [7, 11) is 0. The van der Waals surface area contributed by atoms with Gasteiger partial charge >= 0.3 is 11.9 Å². The monoisotopic (exact) mass is 451 g/mol. The van der Waals surface area contributed by atoms with E-state index in [9.17, 15) is 14.9 Å². The number of benzene rings is 2. The first-order valence-corrected chi connectivity index (χ1v) is 10.8. The molecule has 0 radical (unpaired) electrons. The maximum absolute atomic E-state index is 12.3. The lowest BCUT2D eigenvalue weighted by Gasteiger charge is -2.12. The lowest BCUT2D eigenvalue weighted by Crippen LogP contribution is -2.11. The van der Waals surface area contributed by atoms with Gasteiger partial charge in [0.1, 0.15) is 17.4 Å². The van der Waals surface area contributed by atoms with Crippen LogP contribution in [0.15, 0.2) is 42.0 Å². The molecule has 2 rings (SSSR count). The molecule has 0 N–H and O–H groups in total. The number of nitrogens with zero attached hydrogens (tertiary/aromatic N) is 1. The summed E-state index contributed by atoms with van der Waals surface area (Å²) in [5.41, 5.74) is 2.57. The Morgan fingerprint density at radius 2 is 1.76 bits per heavy atom. The summed E-state index contributed by atoms with van der Waals surface area (Å²) in [4.78, 5) is 24.2. The van der Waals surface area contributed by atoms with Crippen LogP contribution in [-0.4, -0.2) is 31.8 Å². The summed E-state index contributed by atoms with van der Waals surface area (Å²) in [5, 5.41) is 9.20. The van der Waals surface area contributed by atoms with Crippen molar-refractivity contribution in [2.45, 2.75) is 40.5 Å². The molecule has 2 aromatic rings. The van der Waals surface area contributed by atoms with Crippen LogP contribution in [0.4, 0.5) is 0 Å². The molecule has 0 bridgehead atoms. The highest BCUT2D eigenvalue weighted by Gasteiger charge is 2.14. The molecule has 0 aliphatic rings. The van der Waals surface area contributed by atoms with Crippen LogP contribution >= 0.6 is 0 Å². The molecule has 0 heterocycles. The van der Waals surface area contributed by atoms with Crippen LogP contribution in [-0.2, 0) is 14.3 Å². The molecule has 7 heteroatoms. The van der Waals surface area contributed by atoms with Crippen molar-refractivity contribution in [1.29, 1.82) is 5.26 Å². The Labute approximate surface area is 194 Å². The SMILES string of the molecule is CCOC(=O)C(C#N)=Cc1ccc(OC(=O)CCCOc2cc(C)ccc2C)c(OCC)c1. The van der Waals surface area contributed by atoms with E-state index in [1.807, 2.05) is 38.1 Å². The van der Waals surface area contributed by atoms with Gasteiger partial charge in [-0.25, -0.2) is 4.79 Å². The number of esters is 2. The van der Waals surface area contributed by atoms with Crippen LogP contribution < -0.4 is 14.2 Å². The summed E-state index contributed by atoms with van der Waals surface area (Å²) in [6, 6.07) is 12.6. The molecular weight excluding hydrogens is 422 g/mol. The lowest BCUT2D eigenvalue weighted by molar-refractivity contribution is -0.138. The fraction of sp³-hybridized carbons (Fsp3) is 0.346. The number of aryl methyl sites for hydroxylation is 2. The standard InChI is InChI=1S/C26H29NO6/c1-5-30-24-16-20(15-21(17-27)26(29)31-6-2)11-12-22(24)33-25(28)8-7-13-32-23-14-18(3)9-10-19(23)4/h9-12,14-16H,5-8,13H2,1-4H3. The van der Waals surface area contributed by atoms with Crippen molar-refractivity contribution in [3.63, 3.8) is 0 Å². The highest BCUT2D eigenvalue weighted by Crippen LogP contribution is 2.30. The van der Waals surface area contributed by atoms with E-state index in [0.717, 1.165) is 16.9 Å². The highest BCUT2D eigenvalue weighted by atomic mass is 16.6. The van der Waals surface area contributed by atoms with Gasteiger partial charge in [0.25, 0.3) is 0 Å². The van der Waals surface area contributed by atoms with Gasteiger partial charge in [-0.15, -0.1) is 0 Å². The third kappa shape index (κ3) is 8.00. The van der Waals surface area contributed by atoms with Crippen LogP contribution in [0, 0.1) is 25.2 Å². The number of carbonyl (C=O) groups is 2. The average molecular weight is 452 g/mol. The van der Waals surface area contributed by atoms with E-state index in [2.05, 4.69) is 0 Å². The summed E-state index contributed by atoms with van der Waals surface area (Å²) in [5.74, 6) is 0.311. The molecule has 0 aromatic heterocycles. The van der Waals surface area contributed by atoms with E-state index < -0.39 is 11.9 Å². The summed E-state index contributed by atoms with van der Waals surface area (Å²) < 4.78 is 21.7. The Morgan fingerprint density at radius 1 is 0.970 bits per heavy atom. The fourth-order valence-electron chi connectivity index (χ4n) is 2.91. The molecule has 174 valence electrons. The van der Waals surface area contributed by atoms with Crippen molar-refractivity contribution in [1.82, 2.24) is 0 Å². The molecule has 0 saturated heterocycles. The molecule has 0 amide bonds. The van der Waals surface area contributed by atoms with E-state index in [1.54, 1.807) is 32.0 Å². The first-order chi connectivity index (χ1) is 15.9. The van der Waals surface area contributed by atoms with Gasteiger partial charge in [0.05, 0.1) is 19.8 Å². The number of rotatable bonds is 11. The highest BCUT2D eigenvalue weighted by molar-refractivity contribution is 5.98. The molecule has 7 nitrogen and oxygen atoms in total. The summed E-state index contributed by atoms with van der Waals surface area (Å²) in [6.45, 7) is 8.36. The fourth-order valence-corrected chi connectivity index (χ4v) is 2.91. The minimum absolute atomic E-state index is 0.132. The van der Waals surface area contributed by atoms with Crippen LogP contribution in [0.5, 0.6) is 17.2 Å². The first kappa shape index (κ1) is 25.5. The zero-order valence-corrected chi connectivity index (χ0v) is 19.5. The van der Waals surface area contributed by atoms with Crippen molar-refractivity contribution >= 4 is 18.0 Å². The van der Waals surface area contributed by atoms with Gasteiger partial charge < -0.3 is 18.9 Å². The molecule has 0 aliphatic heterocycles. The Bertz CT molecular complexity index is 1050. The van der Waals surface area contributed by atoms with Crippen molar-refractivity contribution in [2.24, 2.45) is 0 Å². The van der Waals surface area contributed by atoms with Gasteiger partial charge in [0, 0.05) is 6.42 Å². The van der Waals surface area contributed by atoms with Gasteiger partial charge in [0.2, 0.25) is 0 Å². The normalized spacial score (nSPS) is 10.8. The van der Waals surface area contributed by atoms with Gasteiger partial charge in [0.15, 0.2) is 11.5 Å². The third-order valence-electron chi connectivity index (χ3n) is 4.54. The molecule has 33 heavy (non-hydrogen) atoms. The van der Waals surface area contributed by atoms with Gasteiger partial charge in [-0.1, -0.05) is 18.2 Å². The van der Waals surface area contributed by atoms with Crippen molar-refractivity contribution < 1.29 is 28.5 Å². The quantitative estimate of drug-likeness (QED) is 0.157. The van der Waals surface area contributed by atoms with E-state index in [0.29, 0.717) is 30.9 Å². The minimum atomic E-state index is -0.698. The second kappa shape index (κ2) is 12.9. The van der Waals surface area contributed by atoms with Crippen molar-refractivity contribution in [3.05, 3.63) is 58.7 Å². The smallest absolute Gasteiger partial charge is 0.348 e. The largest absolute Gasteiger partial charge is 0.493 e. The second-order valence-electron chi connectivity index (χ2n) is 7.22. The third-order valence-corrected chi connectivity index (χ3v) is 4.54. The summed E-state index contributed by atoms with van der Waals surface area (Å²) >= 11 is 0. The number of hydrogen-bond donors (Lipinski definition) is 0. The van der Waals surface area contributed by atoms with Crippen LogP contribution in [0.1, 0.15) is 43.4 Å². The maximum Gasteiger partial charge on any atom is 0.348 e. The average Bonchev–Trinajstić information content (AvgIpc) is 2.79. The van der Waals surface area contributed by atoms with Gasteiger partial charge in [-0.3, -0.25) is 4.79 Å². The zero-order chi connectivity index (χ0) is 24.2. The van der Waals surface area contributed by atoms with Gasteiger partial charge in [-0.05, 0) is 75.1 Å². The molecule has 0 spiro atoms. The Kier molecular flexibility index (Phi) is 9.97. The van der Waals surface area contributed by atoms with Crippen molar-refractivity contribution in [3.8, 4) is 23.3 Å². The molecule has 0 aliphatic carbocycles. The number of ether oxygens (including phenoxy) is 4. The van der Waals surface area contributed by atoms with Crippen LogP contribution in [0.2, 0.25) is 0 Å². The Hall–Kier alpha value is -3.79.